The van der Waals surface area contributed by atoms with Gasteiger partial charge in [0.05, 0.1) is 0 Å². The second-order valence-electron chi connectivity index (χ2n) is 1.67. The van der Waals surface area contributed by atoms with Crippen LogP contribution in [0.25, 0.3) is 0 Å². The number of hydrogen-bond donors (Lipinski definition) is 0. The van der Waals surface area contributed by atoms with Crippen molar-refractivity contribution in [1.29, 1.82) is 0 Å². The molecule has 0 heterocycles. The molecule has 6 heteroatoms. The van der Waals surface area contributed by atoms with Crippen molar-refractivity contribution in [2.24, 2.45) is 0 Å². The van der Waals surface area contributed by atoms with Crippen LogP contribution >= 0.6 is 16.1 Å². The zero-order chi connectivity index (χ0) is 8.69. The molecule has 0 rings (SSSR count). The average Bonchev–Trinajstić information content (AvgIpc) is 2.04. The fraction of sp³-hybridized carbons (Fsp3) is 1.00. The summed E-state index contributed by atoms with van der Waals surface area (Å²) in [5.41, 5.74) is 0. The highest BCUT2D eigenvalue weighted by atomic mass is 31.1. The summed E-state index contributed by atoms with van der Waals surface area (Å²) in [5.74, 6) is 0. The molecule has 0 aromatic carbocycles. The summed E-state index contributed by atoms with van der Waals surface area (Å²) in [5, 5.41) is 0. The molecule has 11 heavy (non-hydrogen) atoms. The largest absolute Gasteiger partial charge is 0.510 e. The summed E-state index contributed by atoms with van der Waals surface area (Å²) in [6.45, 7) is 3.36. The van der Waals surface area contributed by atoms with E-state index in [2.05, 4.69) is 9.05 Å². The summed E-state index contributed by atoms with van der Waals surface area (Å²) in [6.07, 6.45) is 0.920. The standard InChI is InChI=1S/C5H12O4P2/c1-3-10(6)8-5-9-11(7)4-2/h3-5H2,1-2H3/q+2. The van der Waals surface area contributed by atoms with Gasteiger partial charge in [0.15, 0.2) is 12.3 Å². The van der Waals surface area contributed by atoms with E-state index in [9.17, 15) is 9.13 Å². The van der Waals surface area contributed by atoms with Gasteiger partial charge in [-0.1, -0.05) is 0 Å². The van der Waals surface area contributed by atoms with Crippen molar-refractivity contribution in [2.75, 3.05) is 19.1 Å². The molecule has 4 nitrogen and oxygen atoms in total. The van der Waals surface area contributed by atoms with Crippen molar-refractivity contribution in [3.8, 4) is 0 Å². The average molecular weight is 198 g/mol. The lowest BCUT2D eigenvalue weighted by Crippen LogP contribution is -1.88. The van der Waals surface area contributed by atoms with E-state index in [0.29, 0.717) is 12.3 Å². The Bertz CT molecular complexity index is 131. The molecule has 0 aromatic rings. The highest BCUT2D eigenvalue weighted by Gasteiger charge is 2.19. The second kappa shape index (κ2) is 6.81. The van der Waals surface area contributed by atoms with Gasteiger partial charge in [0.1, 0.15) is 0 Å². The summed E-state index contributed by atoms with van der Waals surface area (Å²) in [7, 11) is -3.24. The fourth-order valence-electron chi connectivity index (χ4n) is 0.324. The zero-order valence-electron chi connectivity index (χ0n) is 6.65. The highest BCUT2D eigenvalue weighted by molar-refractivity contribution is 7.39. The van der Waals surface area contributed by atoms with Crippen molar-refractivity contribution in [1.82, 2.24) is 0 Å². The molecule has 64 valence electrons. The third-order valence-corrected chi connectivity index (χ3v) is 2.73. The molecule has 0 saturated carbocycles. The molecular weight excluding hydrogens is 186 g/mol. The minimum Gasteiger partial charge on any atom is -0.112 e. The van der Waals surface area contributed by atoms with Crippen molar-refractivity contribution in [2.45, 2.75) is 13.8 Å². The van der Waals surface area contributed by atoms with Gasteiger partial charge in [0.25, 0.3) is 6.79 Å². The molecule has 0 aliphatic rings. The lowest BCUT2D eigenvalue weighted by Gasteiger charge is -1.82. The van der Waals surface area contributed by atoms with Gasteiger partial charge in [-0.15, -0.1) is 9.05 Å². The zero-order valence-corrected chi connectivity index (χ0v) is 8.44. The third kappa shape index (κ3) is 6.52. The minimum atomic E-state index is -1.62. The second-order valence-corrected chi connectivity index (χ2v) is 4.79. The molecular formula is C5H12O4P2+2. The van der Waals surface area contributed by atoms with E-state index in [0.717, 1.165) is 0 Å². The van der Waals surface area contributed by atoms with Gasteiger partial charge in [-0.3, -0.25) is 0 Å². The van der Waals surface area contributed by atoms with E-state index in [1.165, 1.54) is 0 Å². The first kappa shape index (κ1) is 11.1. The van der Waals surface area contributed by atoms with E-state index in [4.69, 9.17) is 0 Å². The van der Waals surface area contributed by atoms with Gasteiger partial charge < -0.3 is 0 Å². The summed E-state index contributed by atoms with van der Waals surface area (Å²) in [4.78, 5) is 0. The smallest absolute Gasteiger partial charge is 0.112 e. The van der Waals surface area contributed by atoms with Crippen molar-refractivity contribution >= 4 is 16.1 Å². The Labute approximate surface area is 68.0 Å². The van der Waals surface area contributed by atoms with Crippen LogP contribution in [0.3, 0.4) is 0 Å². The predicted octanol–water partition coefficient (Wildman–Crippen LogP) is 2.50. The summed E-state index contributed by atoms with van der Waals surface area (Å²) in [6, 6.07) is 0. The van der Waals surface area contributed by atoms with Gasteiger partial charge in [0, 0.05) is 0 Å². The van der Waals surface area contributed by atoms with E-state index < -0.39 is 16.1 Å². The molecule has 0 N–H and O–H groups in total. The monoisotopic (exact) mass is 198 g/mol. The van der Waals surface area contributed by atoms with Crippen molar-refractivity contribution in [3.05, 3.63) is 0 Å². The molecule has 2 unspecified atom stereocenters. The fourth-order valence-corrected chi connectivity index (χ4v) is 1.11. The van der Waals surface area contributed by atoms with E-state index in [1.807, 2.05) is 0 Å². The predicted molar refractivity (Wildman–Crippen MR) is 43.3 cm³/mol. The van der Waals surface area contributed by atoms with Gasteiger partial charge in [-0.05, 0) is 23.0 Å². The SMILES string of the molecule is CC[P+](=O)OCO[P+](=O)CC. The molecule has 0 saturated heterocycles. The van der Waals surface area contributed by atoms with Gasteiger partial charge in [0.2, 0.25) is 0 Å². The maximum Gasteiger partial charge on any atom is 0.510 e. The molecule has 2 atom stereocenters. The van der Waals surface area contributed by atoms with Crippen molar-refractivity contribution < 1.29 is 18.2 Å². The van der Waals surface area contributed by atoms with E-state index in [-0.39, 0.29) is 6.79 Å². The summed E-state index contributed by atoms with van der Waals surface area (Å²) >= 11 is 0. The quantitative estimate of drug-likeness (QED) is 0.486. The maximum atomic E-state index is 10.6. The highest BCUT2D eigenvalue weighted by Crippen LogP contribution is 2.25. The van der Waals surface area contributed by atoms with Crippen molar-refractivity contribution in [3.63, 3.8) is 0 Å². The maximum absolute atomic E-state index is 10.6. The van der Waals surface area contributed by atoms with Gasteiger partial charge >= 0.3 is 16.1 Å². The van der Waals surface area contributed by atoms with Crippen LogP contribution in [0.4, 0.5) is 0 Å². The third-order valence-electron chi connectivity index (χ3n) is 0.910. The Morgan fingerprint density at radius 3 is 1.64 bits per heavy atom. The lowest BCUT2D eigenvalue weighted by molar-refractivity contribution is 0.137. The first-order valence-corrected chi connectivity index (χ1v) is 6.08. The van der Waals surface area contributed by atoms with Gasteiger partial charge in [-0.25, -0.2) is 0 Å². The van der Waals surface area contributed by atoms with E-state index >= 15 is 0 Å². The van der Waals surface area contributed by atoms with Crippen LogP contribution in [0, 0.1) is 0 Å². The van der Waals surface area contributed by atoms with Crippen LogP contribution in [-0.4, -0.2) is 19.1 Å². The van der Waals surface area contributed by atoms with Crippen LogP contribution in [0.5, 0.6) is 0 Å². The Morgan fingerprint density at radius 2 is 1.36 bits per heavy atom. The Kier molecular flexibility index (Phi) is 6.88. The Balaban J connectivity index is 3.27. The number of rotatable bonds is 6. The molecule has 0 radical (unpaired) electrons. The normalized spacial score (nSPS) is 12.9. The molecule has 0 amide bonds. The Hall–Kier alpha value is 0.120. The van der Waals surface area contributed by atoms with Crippen LogP contribution in [0.15, 0.2) is 0 Å². The number of hydrogen-bond acceptors (Lipinski definition) is 4. The van der Waals surface area contributed by atoms with Gasteiger partial charge in [-0.2, -0.15) is 0 Å². The first-order valence-electron chi connectivity index (χ1n) is 3.35. The molecule has 0 aromatic heterocycles. The first-order chi connectivity index (χ1) is 5.20. The topological polar surface area (TPSA) is 52.6 Å². The van der Waals surface area contributed by atoms with Crippen LogP contribution in [0.2, 0.25) is 0 Å². The molecule has 0 spiro atoms. The molecule has 0 aliphatic heterocycles. The Morgan fingerprint density at radius 1 is 1.00 bits per heavy atom. The van der Waals surface area contributed by atoms with E-state index in [1.54, 1.807) is 13.8 Å². The van der Waals surface area contributed by atoms with Crippen LogP contribution < -0.4 is 0 Å². The summed E-state index contributed by atoms with van der Waals surface area (Å²) < 4.78 is 30.6. The minimum absolute atomic E-state index is 0.133. The molecule has 0 aliphatic carbocycles. The van der Waals surface area contributed by atoms with Crippen LogP contribution in [0.1, 0.15) is 13.8 Å². The molecule has 0 fully saturated rings. The lowest BCUT2D eigenvalue weighted by atomic mass is 11.0. The molecule has 0 bridgehead atoms. The van der Waals surface area contributed by atoms with Crippen LogP contribution in [-0.2, 0) is 18.2 Å².